The van der Waals surface area contributed by atoms with Gasteiger partial charge in [0.25, 0.3) is 0 Å². The van der Waals surface area contributed by atoms with Crippen molar-refractivity contribution in [2.45, 2.75) is 104 Å². The molecule has 3 N–H and O–H groups in total. The number of carbonyl (C=O) groups excluding carboxylic acids is 4. The highest BCUT2D eigenvalue weighted by atomic mass is 16.6. The number of carbonyl (C=O) groups is 4. The lowest BCUT2D eigenvalue weighted by Gasteiger charge is -2.46. The molecule has 3 rings (SSSR count). The molecule has 9 atom stereocenters. The van der Waals surface area contributed by atoms with Crippen LogP contribution in [0.4, 0.5) is 0 Å². The van der Waals surface area contributed by atoms with E-state index in [9.17, 15) is 34.5 Å². The fraction of sp³-hybridized carbons (Fsp3) is 0.576. The Bertz CT molecular complexity index is 1300. The van der Waals surface area contributed by atoms with Gasteiger partial charge in [-0.25, -0.2) is 4.79 Å². The number of aliphatic hydroxyl groups is 3. The van der Waals surface area contributed by atoms with E-state index in [4.69, 9.17) is 18.9 Å². The zero-order valence-electron chi connectivity index (χ0n) is 26.5. The molecule has 11 heteroatoms. The molecule has 0 heterocycles. The number of hydrogen-bond donors (Lipinski definition) is 3. The van der Waals surface area contributed by atoms with Gasteiger partial charge < -0.3 is 34.3 Å². The molecule has 1 aromatic carbocycles. The first kappa shape index (κ1) is 34.9. The molecule has 0 aliphatic heterocycles. The summed E-state index contributed by atoms with van der Waals surface area (Å²) in [6.45, 7) is 11.6. The number of hydrogen-bond acceptors (Lipinski definition) is 11. The smallest absolute Gasteiger partial charge is 0.338 e. The third kappa shape index (κ3) is 7.22. The zero-order valence-corrected chi connectivity index (χ0v) is 26.5. The van der Waals surface area contributed by atoms with E-state index in [0.717, 1.165) is 6.92 Å². The molecule has 242 valence electrons. The van der Waals surface area contributed by atoms with Gasteiger partial charge in [0, 0.05) is 38.5 Å². The van der Waals surface area contributed by atoms with Gasteiger partial charge in [0.05, 0.1) is 11.5 Å². The predicted molar refractivity (Wildman–Crippen MR) is 158 cm³/mol. The number of rotatable bonds is 5. The molecule has 1 aromatic rings. The highest BCUT2D eigenvalue weighted by Crippen LogP contribution is 2.51. The standard InChI is InChI=1S/C33H44O11/c1-18-16-24-27(43-29(38)23-12-10-9-11-13-23)19(2)28(37)33(24,44-22(5)36)30(39)32(8,40)15-14-31(6,7)26(42-21(4)35)17-25(18)41-20(3)34/h9-16,19,24-28,30,37,39-40H,17H2,1-8H3/b15-14+,18-16+/t19-,24+,25-,26-,27+,28+,30-,32-,33+/m1/s1. The monoisotopic (exact) mass is 616 g/mol. The number of benzene rings is 1. The van der Waals surface area contributed by atoms with Gasteiger partial charge in [0.1, 0.15) is 36.1 Å². The van der Waals surface area contributed by atoms with Gasteiger partial charge in [-0.15, -0.1) is 0 Å². The largest absolute Gasteiger partial charge is 0.461 e. The summed E-state index contributed by atoms with van der Waals surface area (Å²) in [7, 11) is 0. The molecule has 0 unspecified atom stereocenters. The summed E-state index contributed by atoms with van der Waals surface area (Å²) in [6.07, 6.45) is -2.23. The van der Waals surface area contributed by atoms with Crippen LogP contribution in [0, 0.1) is 17.3 Å². The molecule has 1 fully saturated rings. The molecule has 0 aromatic heterocycles. The van der Waals surface area contributed by atoms with Crippen molar-refractivity contribution in [3.8, 4) is 0 Å². The highest BCUT2D eigenvalue weighted by molar-refractivity contribution is 5.89. The third-order valence-electron chi connectivity index (χ3n) is 8.58. The molecule has 0 spiro atoms. The summed E-state index contributed by atoms with van der Waals surface area (Å²) in [5, 5.41) is 35.4. The van der Waals surface area contributed by atoms with Crippen molar-refractivity contribution in [3.05, 3.63) is 59.7 Å². The zero-order chi connectivity index (χ0) is 33.2. The minimum absolute atomic E-state index is 0.00337. The second-order valence-corrected chi connectivity index (χ2v) is 12.6. The normalized spacial score (nSPS) is 37.1. The Morgan fingerprint density at radius 3 is 2.00 bits per heavy atom. The van der Waals surface area contributed by atoms with E-state index in [1.165, 1.54) is 32.9 Å². The lowest BCUT2D eigenvalue weighted by Crippen LogP contribution is -2.64. The summed E-state index contributed by atoms with van der Waals surface area (Å²) in [5.74, 6) is -4.93. The van der Waals surface area contributed by atoms with Gasteiger partial charge in [-0.1, -0.05) is 57.2 Å². The van der Waals surface area contributed by atoms with E-state index in [0.29, 0.717) is 5.57 Å². The SMILES string of the molecule is CC(=O)O[C@@H]1C[C@@H](OC(C)=O)C(C)(C)/C=C/[C@@](C)(O)[C@@H](O)[C@@]2(OC(C)=O)[C@@H](O)[C@H](C)[C@H](OC(=O)c3ccccc3)[C@@H]2/C=C/1C. The minimum atomic E-state index is -2.22. The molecular weight excluding hydrogens is 572 g/mol. The van der Waals surface area contributed by atoms with Crippen LogP contribution in [-0.4, -0.2) is 80.9 Å². The molecule has 11 nitrogen and oxygen atoms in total. The van der Waals surface area contributed by atoms with Crippen molar-refractivity contribution >= 4 is 23.9 Å². The Morgan fingerprint density at radius 2 is 1.45 bits per heavy atom. The second kappa shape index (κ2) is 13.2. The second-order valence-electron chi connectivity index (χ2n) is 12.6. The van der Waals surface area contributed by atoms with E-state index >= 15 is 0 Å². The maximum Gasteiger partial charge on any atom is 0.338 e. The van der Waals surface area contributed by atoms with E-state index in [-0.39, 0.29) is 12.0 Å². The van der Waals surface area contributed by atoms with E-state index in [1.807, 2.05) is 0 Å². The highest BCUT2D eigenvalue weighted by Gasteiger charge is 2.68. The summed E-state index contributed by atoms with van der Waals surface area (Å²) in [5.41, 5.74) is -4.69. The Balaban J connectivity index is 2.32. The molecule has 0 saturated heterocycles. The number of esters is 4. The van der Waals surface area contributed by atoms with Crippen molar-refractivity contribution in [3.63, 3.8) is 0 Å². The summed E-state index contributed by atoms with van der Waals surface area (Å²) < 4.78 is 23.1. The van der Waals surface area contributed by atoms with Crippen LogP contribution in [0.1, 0.15) is 72.2 Å². The number of fused-ring (bicyclic) bond motifs is 1. The van der Waals surface area contributed by atoms with Gasteiger partial charge in [0.15, 0.2) is 5.60 Å². The van der Waals surface area contributed by atoms with Crippen LogP contribution < -0.4 is 0 Å². The van der Waals surface area contributed by atoms with Crippen LogP contribution in [0.15, 0.2) is 54.1 Å². The fourth-order valence-corrected chi connectivity index (χ4v) is 6.18. The van der Waals surface area contributed by atoms with Crippen molar-refractivity contribution in [2.75, 3.05) is 0 Å². The average molecular weight is 617 g/mol. The molecule has 2 aliphatic rings. The van der Waals surface area contributed by atoms with Gasteiger partial charge in [0.2, 0.25) is 0 Å². The number of aliphatic hydroxyl groups excluding tert-OH is 2. The molecule has 1 saturated carbocycles. The third-order valence-corrected chi connectivity index (χ3v) is 8.58. The predicted octanol–water partition coefficient (Wildman–Crippen LogP) is 3.05. The summed E-state index contributed by atoms with van der Waals surface area (Å²) >= 11 is 0. The maximum atomic E-state index is 13.3. The van der Waals surface area contributed by atoms with Crippen LogP contribution in [0.3, 0.4) is 0 Å². The minimum Gasteiger partial charge on any atom is -0.461 e. The molecular formula is C33H44O11. The van der Waals surface area contributed by atoms with E-state index in [2.05, 4.69) is 0 Å². The quantitative estimate of drug-likeness (QED) is 0.253. The maximum absolute atomic E-state index is 13.3. The molecule has 0 amide bonds. The fourth-order valence-electron chi connectivity index (χ4n) is 6.18. The Hall–Kier alpha value is -3.54. The van der Waals surface area contributed by atoms with Gasteiger partial charge in [-0.2, -0.15) is 0 Å². The first-order chi connectivity index (χ1) is 20.3. The first-order valence-electron chi connectivity index (χ1n) is 14.6. The molecule has 44 heavy (non-hydrogen) atoms. The lowest BCUT2D eigenvalue weighted by atomic mass is 9.73. The Morgan fingerprint density at radius 1 is 0.864 bits per heavy atom. The van der Waals surface area contributed by atoms with Crippen molar-refractivity contribution in [1.29, 1.82) is 0 Å². The van der Waals surface area contributed by atoms with Crippen LogP contribution in [0.5, 0.6) is 0 Å². The summed E-state index contributed by atoms with van der Waals surface area (Å²) in [4.78, 5) is 50.3. The van der Waals surface area contributed by atoms with E-state index < -0.39 is 82.8 Å². The molecule has 2 aliphatic carbocycles. The number of ether oxygens (including phenoxy) is 4. The van der Waals surface area contributed by atoms with Crippen LogP contribution in [0.2, 0.25) is 0 Å². The van der Waals surface area contributed by atoms with Gasteiger partial charge in [-0.3, -0.25) is 14.4 Å². The van der Waals surface area contributed by atoms with E-state index in [1.54, 1.807) is 64.1 Å². The lowest BCUT2D eigenvalue weighted by molar-refractivity contribution is -0.222. The van der Waals surface area contributed by atoms with Crippen molar-refractivity contribution in [2.24, 2.45) is 17.3 Å². The van der Waals surface area contributed by atoms with Crippen LogP contribution in [-0.2, 0) is 33.3 Å². The first-order valence-corrected chi connectivity index (χ1v) is 14.6. The summed E-state index contributed by atoms with van der Waals surface area (Å²) in [6, 6.07) is 8.15. The Labute approximate surface area is 257 Å². The Kier molecular flexibility index (Phi) is 10.5. The topological polar surface area (TPSA) is 166 Å². The van der Waals surface area contributed by atoms with Gasteiger partial charge >= 0.3 is 23.9 Å². The van der Waals surface area contributed by atoms with Gasteiger partial charge in [-0.05, 0) is 31.6 Å². The molecule has 0 bridgehead atoms. The van der Waals surface area contributed by atoms with Crippen LogP contribution in [0.25, 0.3) is 0 Å². The molecule has 0 radical (unpaired) electrons. The van der Waals surface area contributed by atoms with Crippen LogP contribution >= 0.6 is 0 Å². The van der Waals surface area contributed by atoms with Crippen molar-refractivity contribution < 1.29 is 53.4 Å². The average Bonchev–Trinajstić information content (AvgIpc) is 3.11. The van der Waals surface area contributed by atoms with Crippen molar-refractivity contribution in [1.82, 2.24) is 0 Å².